The maximum Gasteiger partial charge on any atom is 0.335 e. The average Bonchev–Trinajstić information content (AvgIpc) is 2.56. The zero-order valence-electron chi connectivity index (χ0n) is 11.5. The SMILES string of the molecule is O=C(O)c1ccc(-c2cccc(N3CCOCC3)n2)cc1. The van der Waals surface area contributed by atoms with Crippen LogP contribution < -0.4 is 4.90 Å². The van der Waals surface area contributed by atoms with Gasteiger partial charge in [0.05, 0.1) is 24.5 Å². The number of carboxylic acids is 1. The monoisotopic (exact) mass is 284 g/mol. The molecule has 5 nitrogen and oxygen atoms in total. The Morgan fingerprint density at radius 1 is 1.10 bits per heavy atom. The van der Waals surface area contributed by atoms with E-state index in [0.717, 1.165) is 43.4 Å². The molecule has 1 aromatic carbocycles. The molecular formula is C16H16N2O3. The fraction of sp³-hybridized carbons (Fsp3) is 0.250. The Kier molecular flexibility index (Phi) is 3.83. The number of benzene rings is 1. The van der Waals surface area contributed by atoms with Crippen molar-refractivity contribution in [1.29, 1.82) is 0 Å². The van der Waals surface area contributed by atoms with Gasteiger partial charge in [-0.15, -0.1) is 0 Å². The molecule has 1 aromatic heterocycles. The number of ether oxygens (including phenoxy) is 1. The second-order valence-corrected chi connectivity index (χ2v) is 4.86. The minimum atomic E-state index is -0.920. The van der Waals surface area contributed by atoms with Gasteiger partial charge >= 0.3 is 5.97 Å². The summed E-state index contributed by atoms with van der Waals surface area (Å²) in [7, 11) is 0. The van der Waals surface area contributed by atoms with Gasteiger partial charge in [-0.1, -0.05) is 18.2 Å². The summed E-state index contributed by atoms with van der Waals surface area (Å²) in [5.74, 6) is 0.00897. The number of aromatic carboxylic acids is 1. The lowest BCUT2D eigenvalue weighted by Crippen LogP contribution is -2.36. The summed E-state index contributed by atoms with van der Waals surface area (Å²) in [5.41, 5.74) is 2.04. The molecule has 2 heterocycles. The molecule has 21 heavy (non-hydrogen) atoms. The van der Waals surface area contributed by atoms with E-state index < -0.39 is 5.97 Å². The Morgan fingerprint density at radius 2 is 1.81 bits per heavy atom. The molecule has 0 amide bonds. The Bertz CT molecular complexity index is 634. The first kappa shape index (κ1) is 13.6. The first-order valence-electron chi connectivity index (χ1n) is 6.87. The second kappa shape index (κ2) is 5.93. The first-order chi connectivity index (χ1) is 10.2. The van der Waals surface area contributed by atoms with Crippen LogP contribution in [0, 0.1) is 0 Å². The van der Waals surface area contributed by atoms with E-state index in [0.29, 0.717) is 0 Å². The Labute approximate surface area is 122 Å². The van der Waals surface area contributed by atoms with Gasteiger partial charge in [-0.05, 0) is 24.3 Å². The number of hydrogen-bond donors (Lipinski definition) is 1. The van der Waals surface area contributed by atoms with Crippen molar-refractivity contribution in [2.75, 3.05) is 31.2 Å². The minimum Gasteiger partial charge on any atom is -0.478 e. The van der Waals surface area contributed by atoms with Crippen molar-refractivity contribution < 1.29 is 14.6 Å². The van der Waals surface area contributed by atoms with Crippen molar-refractivity contribution in [2.24, 2.45) is 0 Å². The molecule has 108 valence electrons. The van der Waals surface area contributed by atoms with Crippen molar-refractivity contribution in [3.63, 3.8) is 0 Å². The zero-order valence-corrected chi connectivity index (χ0v) is 11.5. The molecule has 0 unspecified atom stereocenters. The summed E-state index contributed by atoms with van der Waals surface area (Å²) < 4.78 is 5.35. The third-order valence-electron chi connectivity index (χ3n) is 3.50. The van der Waals surface area contributed by atoms with Gasteiger partial charge in [-0.3, -0.25) is 0 Å². The lowest BCUT2D eigenvalue weighted by molar-refractivity contribution is 0.0697. The van der Waals surface area contributed by atoms with Crippen LogP contribution in [-0.4, -0.2) is 42.4 Å². The van der Waals surface area contributed by atoms with Crippen molar-refractivity contribution in [3.05, 3.63) is 48.0 Å². The van der Waals surface area contributed by atoms with Crippen LogP contribution in [0.5, 0.6) is 0 Å². The fourth-order valence-corrected chi connectivity index (χ4v) is 2.34. The third-order valence-corrected chi connectivity index (χ3v) is 3.50. The predicted molar refractivity (Wildman–Crippen MR) is 79.7 cm³/mol. The third kappa shape index (κ3) is 3.03. The summed E-state index contributed by atoms with van der Waals surface area (Å²) in [6, 6.07) is 12.7. The summed E-state index contributed by atoms with van der Waals surface area (Å²) in [4.78, 5) is 17.7. The van der Waals surface area contributed by atoms with Gasteiger partial charge in [0, 0.05) is 18.7 Å². The molecule has 5 heteroatoms. The van der Waals surface area contributed by atoms with E-state index in [2.05, 4.69) is 9.88 Å². The van der Waals surface area contributed by atoms with Crippen molar-refractivity contribution in [3.8, 4) is 11.3 Å². The molecule has 0 saturated carbocycles. The molecule has 1 N–H and O–H groups in total. The average molecular weight is 284 g/mol. The smallest absolute Gasteiger partial charge is 0.335 e. The Balaban J connectivity index is 1.86. The molecule has 2 aromatic rings. The highest BCUT2D eigenvalue weighted by Crippen LogP contribution is 2.21. The van der Waals surface area contributed by atoms with Crippen LogP contribution in [0.25, 0.3) is 11.3 Å². The van der Waals surface area contributed by atoms with Crippen LogP contribution in [0.4, 0.5) is 5.82 Å². The summed E-state index contributed by atoms with van der Waals surface area (Å²) >= 11 is 0. The van der Waals surface area contributed by atoms with Gasteiger partial charge in [0.15, 0.2) is 0 Å². The minimum absolute atomic E-state index is 0.281. The molecule has 0 radical (unpaired) electrons. The van der Waals surface area contributed by atoms with Gasteiger partial charge in [-0.25, -0.2) is 9.78 Å². The van der Waals surface area contributed by atoms with Gasteiger partial charge in [-0.2, -0.15) is 0 Å². The number of carboxylic acid groups (broad SMARTS) is 1. The molecule has 1 aliphatic rings. The number of rotatable bonds is 3. The quantitative estimate of drug-likeness (QED) is 0.937. The van der Waals surface area contributed by atoms with Crippen LogP contribution >= 0.6 is 0 Å². The number of morpholine rings is 1. The van der Waals surface area contributed by atoms with Crippen molar-refractivity contribution >= 4 is 11.8 Å². The molecule has 0 spiro atoms. The Morgan fingerprint density at radius 3 is 2.48 bits per heavy atom. The zero-order chi connectivity index (χ0) is 14.7. The number of carbonyl (C=O) groups is 1. The molecule has 1 saturated heterocycles. The maximum atomic E-state index is 10.9. The van der Waals surface area contributed by atoms with E-state index in [1.807, 2.05) is 18.2 Å². The van der Waals surface area contributed by atoms with Crippen LogP contribution in [0.15, 0.2) is 42.5 Å². The first-order valence-corrected chi connectivity index (χ1v) is 6.87. The lowest BCUT2D eigenvalue weighted by atomic mass is 10.1. The van der Waals surface area contributed by atoms with E-state index in [1.54, 1.807) is 24.3 Å². The molecule has 0 bridgehead atoms. The highest BCUT2D eigenvalue weighted by atomic mass is 16.5. The largest absolute Gasteiger partial charge is 0.478 e. The van der Waals surface area contributed by atoms with E-state index in [-0.39, 0.29) is 5.56 Å². The van der Waals surface area contributed by atoms with Crippen LogP contribution in [0.2, 0.25) is 0 Å². The number of nitrogens with zero attached hydrogens (tertiary/aromatic N) is 2. The van der Waals surface area contributed by atoms with Gasteiger partial charge in [0.1, 0.15) is 5.82 Å². The second-order valence-electron chi connectivity index (χ2n) is 4.86. The van der Waals surface area contributed by atoms with Gasteiger partial charge < -0.3 is 14.7 Å². The Hall–Kier alpha value is -2.40. The van der Waals surface area contributed by atoms with E-state index >= 15 is 0 Å². The van der Waals surface area contributed by atoms with Crippen molar-refractivity contribution in [2.45, 2.75) is 0 Å². The normalized spacial score (nSPS) is 15.0. The number of pyridine rings is 1. The van der Waals surface area contributed by atoms with Crippen LogP contribution in [0.1, 0.15) is 10.4 Å². The number of hydrogen-bond acceptors (Lipinski definition) is 4. The highest BCUT2D eigenvalue weighted by Gasteiger charge is 2.13. The molecule has 0 aliphatic carbocycles. The highest BCUT2D eigenvalue weighted by molar-refractivity contribution is 5.88. The molecule has 1 fully saturated rings. The predicted octanol–water partition coefficient (Wildman–Crippen LogP) is 2.28. The van der Waals surface area contributed by atoms with Gasteiger partial charge in [0.25, 0.3) is 0 Å². The van der Waals surface area contributed by atoms with Crippen molar-refractivity contribution in [1.82, 2.24) is 4.98 Å². The summed E-state index contributed by atoms with van der Waals surface area (Å²) in [6.07, 6.45) is 0. The summed E-state index contributed by atoms with van der Waals surface area (Å²) in [6.45, 7) is 3.13. The molecule has 1 aliphatic heterocycles. The van der Waals surface area contributed by atoms with Crippen LogP contribution in [0.3, 0.4) is 0 Å². The summed E-state index contributed by atoms with van der Waals surface area (Å²) in [5, 5.41) is 8.93. The topological polar surface area (TPSA) is 62.7 Å². The molecule has 0 atom stereocenters. The van der Waals surface area contributed by atoms with E-state index in [1.165, 1.54) is 0 Å². The number of anilines is 1. The number of aromatic nitrogens is 1. The molecular weight excluding hydrogens is 268 g/mol. The lowest BCUT2D eigenvalue weighted by Gasteiger charge is -2.28. The standard InChI is InChI=1S/C16H16N2O3/c19-16(20)13-6-4-12(5-7-13)14-2-1-3-15(17-14)18-8-10-21-11-9-18/h1-7H,8-11H2,(H,19,20). The fourth-order valence-electron chi connectivity index (χ4n) is 2.34. The van der Waals surface area contributed by atoms with E-state index in [9.17, 15) is 4.79 Å². The van der Waals surface area contributed by atoms with Crippen LogP contribution in [-0.2, 0) is 4.74 Å². The van der Waals surface area contributed by atoms with Gasteiger partial charge in [0.2, 0.25) is 0 Å². The van der Waals surface area contributed by atoms with E-state index in [4.69, 9.17) is 9.84 Å². The molecule has 3 rings (SSSR count). The maximum absolute atomic E-state index is 10.9.